The number of aryl methyl sites for hydroxylation is 1. The van der Waals surface area contributed by atoms with Crippen LogP contribution in [0.4, 0.5) is 8.78 Å². The summed E-state index contributed by atoms with van der Waals surface area (Å²) >= 11 is 0. The van der Waals surface area contributed by atoms with Gasteiger partial charge in [0.15, 0.2) is 5.78 Å². The van der Waals surface area contributed by atoms with Crippen LogP contribution in [0.5, 0.6) is 5.75 Å². The first-order chi connectivity index (χ1) is 9.01. The van der Waals surface area contributed by atoms with Gasteiger partial charge in [0.1, 0.15) is 17.4 Å². The zero-order valence-corrected chi connectivity index (χ0v) is 10.5. The maximum atomic E-state index is 13.1. The van der Waals surface area contributed by atoms with Crippen LogP contribution in [0.2, 0.25) is 0 Å². The van der Waals surface area contributed by atoms with Gasteiger partial charge in [-0.15, -0.1) is 0 Å². The van der Waals surface area contributed by atoms with E-state index < -0.39 is 17.4 Å². The van der Waals surface area contributed by atoms with Crippen LogP contribution in [0.3, 0.4) is 0 Å². The molecule has 0 fully saturated rings. The van der Waals surface area contributed by atoms with Crippen LogP contribution in [0.25, 0.3) is 0 Å². The van der Waals surface area contributed by atoms with Crippen LogP contribution < -0.4 is 4.74 Å². The molecule has 0 aliphatic heterocycles. The molecule has 0 saturated heterocycles. The number of hydrogen-bond acceptors (Lipinski definition) is 2. The molecular formula is C15H12F2O2. The lowest BCUT2D eigenvalue weighted by molar-refractivity contribution is 0.103. The van der Waals surface area contributed by atoms with Crippen molar-refractivity contribution in [3.05, 3.63) is 64.7 Å². The first kappa shape index (κ1) is 13.2. The summed E-state index contributed by atoms with van der Waals surface area (Å²) in [6.07, 6.45) is 0. The van der Waals surface area contributed by atoms with Crippen molar-refractivity contribution in [2.24, 2.45) is 0 Å². The lowest BCUT2D eigenvalue weighted by atomic mass is 10.0. The summed E-state index contributed by atoms with van der Waals surface area (Å²) in [6, 6.07) is 7.62. The third-order valence-electron chi connectivity index (χ3n) is 2.78. The molecular weight excluding hydrogens is 250 g/mol. The maximum Gasteiger partial charge on any atom is 0.193 e. The summed E-state index contributed by atoms with van der Waals surface area (Å²) < 4.78 is 31.3. The van der Waals surface area contributed by atoms with Gasteiger partial charge in [0.05, 0.1) is 7.11 Å². The lowest BCUT2D eigenvalue weighted by Gasteiger charge is -2.07. The Morgan fingerprint density at radius 2 is 1.63 bits per heavy atom. The summed E-state index contributed by atoms with van der Waals surface area (Å²) in [6.45, 7) is 1.79. The molecule has 98 valence electrons. The topological polar surface area (TPSA) is 26.3 Å². The standard InChI is InChI=1S/C15H12F2O2/c1-9-5-10(3-4-14(9)19-2)15(18)11-6-12(16)8-13(17)7-11/h3-8H,1-2H3. The van der Waals surface area contributed by atoms with Crippen molar-refractivity contribution in [2.45, 2.75) is 6.92 Å². The predicted octanol–water partition coefficient (Wildman–Crippen LogP) is 3.51. The SMILES string of the molecule is COc1ccc(C(=O)c2cc(F)cc(F)c2)cc1C. The Labute approximate surface area is 109 Å². The van der Waals surface area contributed by atoms with Crippen molar-refractivity contribution >= 4 is 5.78 Å². The van der Waals surface area contributed by atoms with Gasteiger partial charge in [0.2, 0.25) is 0 Å². The zero-order chi connectivity index (χ0) is 14.0. The monoisotopic (exact) mass is 262 g/mol. The summed E-state index contributed by atoms with van der Waals surface area (Å²) in [4.78, 5) is 12.1. The van der Waals surface area contributed by atoms with E-state index in [1.165, 1.54) is 7.11 Å². The molecule has 19 heavy (non-hydrogen) atoms. The average molecular weight is 262 g/mol. The fourth-order valence-corrected chi connectivity index (χ4v) is 1.87. The highest BCUT2D eigenvalue weighted by Crippen LogP contribution is 2.21. The minimum Gasteiger partial charge on any atom is -0.496 e. The minimum atomic E-state index is -0.770. The van der Waals surface area contributed by atoms with Crippen molar-refractivity contribution in [2.75, 3.05) is 7.11 Å². The molecule has 0 aliphatic carbocycles. The van der Waals surface area contributed by atoms with Crippen LogP contribution in [-0.4, -0.2) is 12.9 Å². The molecule has 0 N–H and O–H groups in total. The lowest BCUT2D eigenvalue weighted by Crippen LogP contribution is -2.03. The van der Waals surface area contributed by atoms with Crippen LogP contribution in [0, 0.1) is 18.6 Å². The van der Waals surface area contributed by atoms with Crippen molar-refractivity contribution in [1.29, 1.82) is 0 Å². The Balaban J connectivity index is 2.41. The predicted molar refractivity (Wildman–Crippen MR) is 67.5 cm³/mol. The molecule has 2 aromatic carbocycles. The molecule has 0 spiro atoms. The second-order valence-electron chi connectivity index (χ2n) is 4.17. The number of halogens is 2. The van der Waals surface area contributed by atoms with Gasteiger partial charge < -0.3 is 4.74 Å². The number of ketones is 1. The molecule has 2 aromatic rings. The number of ether oxygens (including phenoxy) is 1. The Morgan fingerprint density at radius 1 is 1.00 bits per heavy atom. The normalized spacial score (nSPS) is 10.3. The zero-order valence-electron chi connectivity index (χ0n) is 10.5. The largest absolute Gasteiger partial charge is 0.496 e. The highest BCUT2D eigenvalue weighted by Gasteiger charge is 2.13. The maximum absolute atomic E-state index is 13.1. The fraction of sp³-hybridized carbons (Fsp3) is 0.133. The van der Waals surface area contributed by atoms with Crippen LogP contribution in [0.1, 0.15) is 21.5 Å². The molecule has 0 saturated carbocycles. The summed E-state index contributed by atoms with van der Waals surface area (Å²) in [5, 5.41) is 0. The van der Waals surface area contributed by atoms with E-state index in [1.807, 2.05) is 0 Å². The quantitative estimate of drug-likeness (QED) is 0.791. The van der Waals surface area contributed by atoms with Crippen LogP contribution >= 0.6 is 0 Å². The Morgan fingerprint density at radius 3 is 2.16 bits per heavy atom. The molecule has 0 amide bonds. The van der Waals surface area contributed by atoms with Gasteiger partial charge in [-0.05, 0) is 42.8 Å². The molecule has 0 bridgehead atoms. The van der Waals surface area contributed by atoms with Crippen molar-refractivity contribution in [1.82, 2.24) is 0 Å². The molecule has 0 unspecified atom stereocenters. The number of rotatable bonds is 3. The third-order valence-corrected chi connectivity index (χ3v) is 2.78. The molecule has 4 heteroatoms. The van der Waals surface area contributed by atoms with E-state index in [4.69, 9.17) is 4.74 Å². The van der Waals surface area contributed by atoms with E-state index in [1.54, 1.807) is 25.1 Å². The van der Waals surface area contributed by atoms with E-state index in [0.29, 0.717) is 11.3 Å². The number of methoxy groups -OCH3 is 1. The van der Waals surface area contributed by atoms with Crippen molar-refractivity contribution < 1.29 is 18.3 Å². The number of carbonyl (C=O) groups excluding carboxylic acids is 1. The van der Waals surface area contributed by atoms with Gasteiger partial charge in [-0.1, -0.05) is 0 Å². The first-order valence-corrected chi connectivity index (χ1v) is 5.66. The second kappa shape index (κ2) is 5.18. The molecule has 0 radical (unpaired) electrons. The summed E-state index contributed by atoms with van der Waals surface area (Å²) in [5.41, 5.74) is 1.13. The van der Waals surface area contributed by atoms with Gasteiger partial charge in [0, 0.05) is 17.2 Å². The highest BCUT2D eigenvalue weighted by molar-refractivity contribution is 6.09. The molecule has 0 aromatic heterocycles. The van der Waals surface area contributed by atoms with Gasteiger partial charge in [-0.2, -0.15) is 0 Å². The Kier molecular flexibility index (Phi) is 3.60. The molecule has 2 nitrogen and oxygen atoms in total. The van der Waals surface area contributed by atoms with Crippen LogP contribution in [0.15, 0.2) is 36.4 Å². The van der Waals surface area contributed by atoms with E-state index in [-0.39, 0.29) is 5.56 Å². The molecule has 0 atom stereocenters. The van der Waals surface area contributed by atoms with Gasteiger partial charge in [-0.25, -0.2) is 8.78 Å². The average Bonchev–Trinajstić information content (AvgIpc) is 2.36. The van der Waals surface area contributed by atoms with Crippen LogP contribution in [-0.2, 0) is 0 Å². The molecule has 0 aliphatic rings. The van der Waals surface area contributed by atoms with Gasteiger partial charge in [-0.3, -0.25) is 4.79 Å². The summed E-state index contributed by atoms with van der Waals surface area (Å²) in [5.74, 6) is -1.31. The van der Waals surface area contributed by atoms with E-state index in [0.717, 1.165) is 23.8 Å². The van der Waals surface area contributed by atoms with E-state index in [9.17, 15) is 13.6 Å². The number of benzene rings is 2. The molecule has 0 heterocycles. The number of hydrogen-bond donors (Lipinski definition) is 0. The second-order valence-corrected chi connectivity index (χ2v) is 4.17. The minimum absolute atomic E-state index is 0.0120. The Bertz CT molecular complexity index is 616. The van der Waals surface area contributed by atoms with Crippen molar-refractivity contribution in [3.63, 3.8) is 0 Å². The highest BCUT2D eigenvalue weighted by atomic mass is 19.1. The third kappa shape index (κ3) is 2.78. The van der Waals surface area contributed by atoms with Gasteiger partial charge in [0.25, 0.3) is 0 Å². The fourth-order valence-electron chi connectivity index (χ4n) is 1.87. The Hall–Kier alpha value is -2.23. The van der Waals surface area contributed by atoms with Crippen molar-refractivity contribution in [3.8, 4) is 5.75 Å². The number of carbonyl (C=O) groups is 1. The molecule has 2 rings (SSSR count). The smallest absolute Gasteiger partial charge is 0.193 e. The van der Waals surface area contributed by atoms with E-state index in [2.05, 4.69) is 0 Å². The van der Waals surface area contributed by atoms with E-state index >= 15 is 0 Å². The first-order valence-electron chi connectivity index (χ1n) is 5.66. The summed E-state index contributed by atoms with van der Waals surface area (Å²) in [7, 11) is 1.53. The van der Waals surface area contributed by atoms with Gasteiger partial charge >= 0.3 is 0 Å².